The van der Waals surface area contributed by atoms with Crippen molar-refractivity contribution in [2.75, 3.05) is 11.5 Å². The first-order chi connectivity index (χ1) is 14.1. The number of rotatable bonds is 5. The smallest absolute Gasteiger partial charge is 0.338 e. The number of amides is 2. The number of aromatic nitrogens is 1. The molecule has 0 N–H and O–H groups in total. The van der Waals surface area contributed by atoms with E-state index in [0.29, 0.717) is 28.1 Å². The van der Waals surface area contributed by atoms with Gasteiger partial charge in [-0.1, -0.05) is 18.2 Å². The van der Waals surface area contributed by atoms with E-state index >= 15 is 0 Å². The summed E-state index contributed by atoms with van der Waals surface area (Å²) in [5.74, 6) is -0.683. The van der Waals surface area contributed by atoms with Gasteiger partial charge in [0.25, 0.3) is 11.8 Å². The van der Waals surface area contributed by atoms with Gasteiger partial charge in [0, 0.05) is 18.3 Å². The average molecular weight is 388 g/mol. The molecule has 3 aromatic rings. The highest BCUT2D eigenvalue weighted by molar-refractivity contribution is 6.34. The first-order valence-corrected chi connectivity index (χ1v) is 8.97. The summed E-state index contributed by atoms with van der Waals surface area (Å²) in [7, 11) is 0. The van der Waals surface area contributed by atoms with Crippen LogP contribution in [0.4, 0.5) is 5.69 Å². The number of benzene rings is 2. The van der Waals surface area contributed by atoms with Crippen molar-refractivity contribution < 1.29 is 23.9 Å². The molecule has 2 heterocycles. The Kier molecular flexibility index (Phi) is 4.78. The van der Waals surface area contributed by atoms with Gasteiger partial charge in [0.05, 0.1) is 29.0 Å². The molecule has 0 spiro atoms. The third-order valence-electron chi connectivity index (χ3n) is 4.34. The molecule has 1 aliphatic rings. The van der Waals surface area contributed by atoms with Crippen molar-refractivity contribution in [3.63, 3.8) is 0 Å². The second-order valence-electron chi connectivity index (χ2n) is 6.19. The lowest BCUT2D eigenvalue weighted by Crippen LogP contribution is -2.29. The fourth-order valence-corrected chi connectivity index (χ4v) is 3.04. The van der Waals surface area contributed by atoms with Crippen LogP contribution >= 0.6 is 0 Å². The van der Waals surface area contributed by atoms with Crippen LogP contribution in [0.1, 0.15) is 38.0 Å². The Balaban J connectivity index is 1.59. The summed E-state index contributed by atoms with van der Waals surface area (Å²) >= 11 is 0. The van der Waals surface area contributed by atoms with Gasteiger partial charge in [0.2, 0.25) is 5.88 Å². The molecular weight excluding hydrogens is 372 g/mol. The molecule has 0 saturated heterocycles. The van der Waals surface area contributed by atoms with Gasteiger partial charge >= 0.3 is 5.97 Å². The summed E-state index contributed by atoms with van der Waals surface area (Å²) in [6, 6.07) is 16.2. The predicted octanol–water partition coefficient (Wildman–Crippen LogP) is 3.85. The summed E-state index contributed by atoms with van der Waals surface area (Å²) in [5, 5.41) is 0. The summed E-state index contributed by atoms with van der Waals surface area (Å²) in [6.07, 6.45) is 1.44. The fourth-order valence-electron chi connectivity index (χ4n) is 3.04. The number of hydrogen-bond donors (Lipinski definition) is 0. The molecule has 2 amide bonds. The molecule has 1 aliphatic heterocycles. The highest BCUT2D eigenvalue weighted by Crippen LogP contribution is 2.31. The monoisotopic (exact) mass is 388 g/mol. The van der Waals surface area contributed by atoms with Crippen LogP contribution < -0.4 is 9.64 Å². The number of carbonyl (C=O) groups is 3. The minimum atomic E-state index is -0.473. The molecule has 7 heteroatoms. The van der Waals surface area contributed by atoms with Gasteiger partial charge in [-0.2, -0.15) is 0 Å². The van der Waals surface area contributed by atoms with Gasteiger partial charge in [0.1, 0.15) is 5.75 Å². The Morgan fingerprint density at radius 1 is 0.966 bits per heavy atom. The number of pyridine rings is 1. The zero-order valence-electron chi connectivity index (χ0n) is 15.5. The maximum atomic E-state index is 12.7. The van der Waals surface area contributed by atoms with Crippen LogP contribution in [0.25, 0.3) is 0 Å². The van der Waals surface area contributed by atoms with Gasteiger partial charge in [0.15, 0.2) is 0 Å². The summed E-state index contributed by atoms with van der Waals surface area (Å²) in [5.41, 5.74) is 1.43. The van der Waals surface area contributed by atoms with E-state index in [-0.39, 0.29) is 24.3 Å². The minimum Gasteiger partial charge on any atom is -0.462 e. The number of carbonyl (C=O) groups excluding carboxylic acids is 3. The molecule has 1 aromatic heterocycles. The second kappa shape index (κ2) is 7.55. The minimum absolute atomic E-state index is 0.190. The first-order valence-electron chi connectivity index (χ1n) is 8.97. The Bertz CT molecular complexity index is 1090. The van der Waals surface area contributed by atoms with E-state index < -0.39 is 5.97 Å². The van der Waals surface area contributed by atoms with Crippen LogP contribution in [0.5, 0.6) is 11.6 Å². The van der Waals surface area contributed by atoms with Crippen LogP contribution in [0, 0.1) is 0 Å². The molecule has 0 aliphatic carbocycles. The first kappa shape index (κ1) is 18.4. The van der Waals surface area contributed by atoms with Crippen molar-refractivity contribution in [3.05, 3.63) is 83.6 Å². The highest BCUT2D eigenvalue weighted by atomic mass is 16.5. The lowest BCUT2D eigenvalue weighted by molar-refractivity contribution is 0.0525. The lowest BCUT2D eigenvalue weighted by Gasteiger charge is -2.15. The number of nitrogens with zero attached hydrogens (tertiary/aromatic N) is 2. The van der Waals surface area contributed by atoms with Gasteiger partial charge in [-0.25, -0.2) is 14.7 Å². The summed E-state index contributed by atoms with van der Waals surface area (Å²) in [4.78, 5) is 42.4. The molecule has 0 atom stereocenters. The molecule has 2 aromatic carbocycles. The number of esters is 1. The van der Waals surface area contributed by atoms with Crippen LogP contribution in [-0.2, 0) is 4.74 Å². The molecule has 0 radical (unpaired) electrons. The van der Waals surface area contributed by atoms with Crippen LogP contribution in [0.2, 0.25) is 0 Å². The molecular formula is C22H16N2O5. The molecule has 144 valence electrons. The largest absolute Gasteiger partial charge is 0.462 e. The third kappa shape index (κ3) is 3.45. The fraction of sp³-hybridized carbons (Fsp3) is 0.0909. The van der Waals surface area contributed by atoms with Gasteiger partial charge in [-0.05, 0) is 37.3 Å². The van der Waals surface area contributed by atoms with E-state index in [0.717, 1.165) is 4.90 Å². The molecule has 0 saturated carbocycles. The van der Waals surface area contributed by atoms with Crippen molar-refractivity contribution in [2.24, 2.45) is 0 Å². The van der Waals surface area contributed by atoms with Gasteiger partial charge < -0.3 is 9.47 Å². The predicted molar refractivity (Wildman–Crippen MR) is 104 cm³/mol. The lowest BCUT2D eigenvalue weighted by atomic mass is 10.1. The average Bonchev–Trinajstić information content (AvgIpc) is 2.99. The summed E-state index contributed by atoms with van der Waals surface area (Å²) < 4.78 is 10.7. The Morgan fingerprint density at radius 2 is 1.69 bits per heavy atom. The van der Waals surface area contributed by atoms with Gasteiger partial charge in [-0.3, -0.25) is 9.59 Å². The van der Waals surface area contributed by atoms with Crippen molar-refractivity contribution in [1.29, 1.82) is 0 Å². The molecule has 0 unspecified atom stereocenters. The SMILES string of the molecule is CCOC(=O)c1ccnc(Oc2cccc(N3C(=O)c4ccccc4C3=O)c2)c1. The van der Waals surface area contributed by atoms with E-state index in [1.54, 1.807) is 55.5 Å². The van der Waals surface area contributed by atoms with E-state index in [4.69, 9.17) is 9.47 Å². The van der Waals surface area contributed by atoms with Crippen LogP contribution in [-0.4, -0.2) is 29.4 Å². The van der Waals surface area contributed by atoms with Crippen molar-refractivity contribution in [3.8, 4) is 11.6 Å². The standard InChI is InChI=1S/C22H16N2O5/c1-2-28-22(27)14-10-11-23-19(12-14)29-16-7-5-6-15(13-16)24-20(25)17-8-3-4-9-18(17)21(24)26/h3-13H,2H2,1H3. The molecule has 7 nitrogen and oxygen atoms in total. The zero-order valence-corrected chi connectivity index (χ0v) is 15.5. The quantitative estimate of drug-likeness (QED) is 0.487. The van der Waals surface area contributed by atoms with Crippen LogP contribution in [0.15, 0.2) is 66.9 Å². The highest BCUT2D eigenvalue weighted by Gasteiger charge is 2.36. The molecule has 29 heavy (non-hydrogen) atoms. The van der Waals surface area contributed by atoms with E-state index in [9.17, 15) is 14.4 Å². The summed E-state index contributed by atoms with van der Waals surface area (Å²) in [6.45, 7) is 1.99. The second-order valence-corrected chi connectivity index (χ2v) is 6.19. The van der Waals surface area contributed by atoms with E-state index in [1.807, 2.05) is 0 Å². The maximum absolute atomic E-state index is 12.7. The van der Waals surface area contributed by atoms with Crippen LogP contribution in [0.3, 0.4) is 0 Å². The van der Waals surface area contributed by atoms with Crippen molar-refractivity contribution in [2.45, 2.75) is 6.92 Å². The van der Waals surface area contributed by atoms with E-state index in [2.05, 4.69) is 4.98 Å². The number of ether oxygens (including phenoxy) is 2. The normalized spacial score (nSPS) is 12.7. The van der Waals surface area contributed by atoms with Gasteiger partial charge in [-0.15, -0.1) is 0 Å². The molecule has 4 rings (SSSR count). The van der Waals surface area contributed by atoms with Crippen molar-refractivity contribution in [1.82, 2.24) is 4.98 Å². The number of hydrogen-bond acceptors (Lipinski definition) is 6. The zero-order chi connectivity index (χ0) is 20.4. The van der Waals surface area contributed by atoms with Crippen molar-refractivity contribution >= 4 is 23.5 Å². The Hall–Kier alpha value is -4.00. The Labute approximate surface area is 166 Å². The third-order valence-corrected chi connectivity index (χ3v) is 4.34. The number of fused-ring (bicyclic) bond motifs is 1. The molecule has 0 fully saturated rings. The topological polar surface area (TPSA) is 85.8 Å². The maximum Gasteiger partial charge on any atom is 0.338 e. The number of anilines is 1. The molecule has 0 bridgehead atoms. The van der Waals surface area contributed by atoms with E-state index in [1.165, 1.54) is 18.3 Å². The number of imide groups is 1. The Morgan fingerprint density at radius 3 is 2.38 bits per heavy atom.